The van der Waals surface area contributed by atoms with Crippen molar-refractivity contribution in [3.05, 3.63) is 46.2 Å². The second-order valence-electron chi connectivity index (χ2n) is 5.96. The first-order valence-corrected chi connectivity index (χ1v) is 8.95. The van der Waals surface area contributed by atoms with Gasteiger partial charge < -0.3 is 14.4 Å². The topological polar surface area (TPSA) is 38.8 Å². The molecule has 120 valence electrons. The number of carbonyl (C=O) groups excluding carboxylic acids is 1. The van der Waals surface area contributed by atoms with Crippen LogP contribution in [0.2, 0.25) is 0 Å². The third-order valence-corrected chi connectivity index (χ3v) is 5.16. The summed E-state index contributed by atoms with van der Waals surface area (Å²) in [6.45, 7) is 2.00. The predicted molar refractivity (Wildman–Crippen MR) is 89.1 cm³/mol. The number of hydrogen-bond acceptors (Lipinski definition) is 4. The maximum Gasteiger partial charge on any atom is 0.227 e. The minimum atomic E-state index is 0.190. The Morgan fingerprint density at radius 1 is 1.22 bits per heavy atom. The van der Waals surface area contributed by atoms with E-state index in [1.54, 1.807) is 11.3 Å². The van der Waals surface area contributed by atoms with E-state index in [2.05, 4.69) is 16.8 Å². The fraction of sp³-hybridized carbons (Fsp3) is 0.389. The van der Waals surface area contributed by atoms with Gasteiger partial charge in [-0.25, -0.2) is 0 Å². The van der Waals surface area contributed by atoms with Gasteiger partial charge in [0.1, 0.15) is 13.2 Å². The van der Waals surface area contributed by atoms with Gasteiger partial charge in [0, 0.05) is 6.54 Å². The zero-order valence-electron chi connectivity index (χ0n) is 12.9. The second-order valence-corrected chi connectivity index (χ2v) is 6.74. The van der Waals surface area contributed by atoms with Crippen LogP contribution in [-0.2, 0) is 11.2 Å². The van der Waals surface area contributed by atoms with Crippen molar-refractivity contribution in [2.24, 2.45) is 0 Å². The molecule has 0 saturated carbocycles. The Bertz CT molecular complexity index is 698. The quantitative estimate of drug-likeness (QED) is 0.866. The van der Waals surface area contributed by atoms with E-state index in [1.165, 1.54) is 5.56 Å². The summed E-state index contributed by atoms with van der Waals surface area (Å²) in [5.74, 6) is 1.71. The van der Waals surface area contributed by atoms with Crippen LogP contribution in [0.15, 0.2) is 35.0 Å². The van der Waals surface area contributed by atoms with Gasteiger partial charge >= 0.3 is 0 Å². The minimum absolute atomic E-state index is 0.190. The molecule has 0 radical (unpaired) electrons. The van der Waals surface area contributed by atoms with E-state index in [1.807, 2.05) is 23.1 Å². The van der Waals surface area contributed by atoms with Crippen LogP contribution in [0.5, 0.6) is 11.5 Å². The van der Waals surface area contributed by atoms with Crippen molar-refractivity contribution in [2.45, 2.75) is 25.3 Å². The number of ether oxygens (including phenoxy) is 2. The number of thiophene rings is 1. The summed E-state index contributed by atoms with van der Waals surface area (Å²) in [7, 11) is 0. The van der Waals surface area contributed by atoms with Gasteiger partial charge in [-0.15, -0.1) is 0 Å². The summed E-state index contributed by atoms with van der Waals surface area (Å²) >= 11 is 1.69. The van der Waals surface area contributed by atoms with Gasteiger partial charge in [-0.2, -0.15) is 11.3 Å². The molecule has 3 heterocycles. The van der Waals surface area contributed by atoms with Crippen LogP contribution < -0.4 is 9.47 Å². The molecule has 2 aliphatic heterocycles. The lowest BCUT2D eigenvalue weighted by atomic mass is 10.1. The highest BCUT2D eigenvalue weighted by molar-refractivity contribution is 7.07. The molecule has 1 amide bonds. The summed E-state index contributed by atoms with van der Waals surface area (Å²) in [6.07, 6.45) is 2.55. The number of fused-ring (bicyclic) bond motifs is 1. The first kappa shape index (κ1) is 14.6. The smallest absolute Gasteiger partial charge is 0.227 e. The zero-order chi connectivity index (χ0) is 15.6. The van der Waals surface area contributed by atoms with Crippen LogP contribution in [0, 0.1) is 0 Å². The van der Waals surface area contributed by atoms with E-state index >= 15 is 0 Å². The summed E-state index contributed by atoms with van der Waals surface area (Å²) in [5.41, 5.74) is 2.25. The van der Waals surface area contributed by atoms with Crippen molar-refractivity contribution in [1.29, 1.82) is 0 Å². The first-order chi connectivity index (χ1) is 11.3. The van der Waals surface area contributed by atoms with Crippen LogP contribution in [0.1, 0.15) is 30.0 Å². The molecule has 1 saturated heterocycles. The van der Waals surface area contributed by atoms with Gasteiger partial charge in [-0.05, 0) is 52.9 Å². The normalized spacial score (nSPS) is 19.8. The molecular formula is C18H19NO3S. The van der Waals surface area contributed by atoms with Gasteiger partial charge in [0.05, 0.1) is 12.5 Å². The highest BCUT2D eigenvalue weighted by atomic mass is 32.1. The molecule has 2 aromatic rings. The monoisotopic (exact) mass is 329 g/mol. The summed E-state index contributed by atoms with van der Waals surface area (Å²) < 4.78 is 11.1. The number of benzene rings is 1. The van der Waals surface area contributed by atoms with Crippen LogP contribution in [-0.4, -0.2) is 30.6 Å². The summed E-state index contributed by atoms with van der Waals surface area (Å²) in [4.78, 5) is 14.8. The molecule has 0 aliphatic carbocycles. The third kappa shape index (κ3) is 2.93. The fourth-order valence-electron chi connectivity index (χ4n) is 3.35. The van der Waals surface area contributed by atoms with E-state index in [9.17, 15) is 4.79 Å². The molecule has 2 aliphatic rings. The van der Waals surface area contributed by atoms with Gasteiger partial charge in [-0.3, -0.25) is 4.79 Å². The lowest BCUT2D eigenvalue weighted by molar-refractivity contribution is -0.131. The maximum atomic E-state index is 12.7. The Labute approximate surface area is 139 Å². The fourth-order valence-corrected chi connectivity index (χ4v) is 4.06. The molecule has 1 unspecified atom stereocenters. The van der Waals surface area contributed by atoms with E-state index in [0.29, 0.717) is 19.6 Å². The van der Waals surface area contributed by atoms with Crippen molar-refractivity contribution in [3.63, 3.8) is 0 Å². The van der Waals surface area contributed by atoms with Gasteiger partial charge in [0.15, 0.2) is 11.5 Å². The average Bonchev–Trinajstić information content (AvgIpc) is 3.25. The van der Waals surface area contributed by atoms with E-state index in [0.717, 1.165) is 36.4 Å². The Morgan fingerprint density at radius 2 is 2.09 bits per heavy atom. The highest BCUT2D eigenvalue weighted by Crippen LogP contribution is 2.34. The van der Waals surface area contributed by atoms with Crippen LogP contribution in [0.25, 0.3) is 0 Å². The Hall–Kier alpha value is -2.01. The molecular weight excluding hydrogens is 310 g/mol. The summed E-state index contributed by atoms with van der Waals surface area (Å²) in [6, 6.07) is 8.16. The maximum absolute atomic E-state index is 12.7. The molecule has 0 bridgehead atoms. The summed E-state index contributed by atoms with van der Waals surface area (Å²) in [5, 5.41) is 4.23. The van der Waals surface area contributed by atoms with Crippen molar-refractivity contribution >= 4 is 17.2 Å². The molecule has 1 aromatic carbocycles. The first-order valence-electron chi connectivity index (χ1n) is 8.01. The standard InChI is InChI=1S/C18H19NO3S/c20-18(19-6-1-2-15(19)14-5-9-23-12-14)11-13-3-4-16-17(10-13)22-8-7-21-16/h3-5,9-10,12,15H,1-2,6-8,11H2. The SMILES string of the molecule is O=C(Cc1ccc2c(c1)OCCO2)N1CCCC1c1ccsc1. The van der Waals surface area contributed by atoms with Gasteiger partial charge in [0.2, 0.25) is 5.91 Å². The highest BCUT2D eigenvalue weighted by Gasteiger charge is 2.30. The van der Waals surface area contributed by atoms with E-state index < -0.39 is 0 Å². The van der Waals surface area contributed by atoms with Crippen molar-refractivity contribution in [3.8, 4) is 11.5 Å². The van der Waals surface area contributed by atoms with E-state index in [-0.39, 0.29) is 11.9 Å². The number of carbonyl (C=O) groups is 1. The van der Waals surface area contributed by atoms with Gasteiger partial charge in [-0.1, -0.05) is 6.07 Å². The number of likely N-dealkylation sites (tertiary alicyclic amines) is 1. The predicted octanol–water partition coefficient (Wildman–Crippen LogP) is 3.43. The van der Waals surface area contributed by atoms with E-state index in [4.69, 9.17) is 9.47 Å². The van der Waals surface area contributed by atoms with Gasteiger partial charge in [0.25, 0.3) is 0 Å². The van der Waals surface area contributed by atoms with Crippen LogP contribution >= 0.6 is 11.3 Å². The molecule has 4 nitrogen and oxygen atoms in total. The zero-order valence-corrected chi connectivity index (χ0v) is 13.7. The Morgan fingerprint density at radius 3 is 2.91 bits per heavy atom. The molecule has 0 spiro atoms. The molecule has 23 heavy (non-hydrogen) atoms. The Balaban J connectivity index is 1.49. The van der Waals surface area contributed by atoms with Crippen molar-refractivity contribution in [2.75, 3.05) is 19.8 Å². The largest absolute Gasteiger partial charge is 0.486 e. The van der Waals surface area contributed by atoms with Crippen molar-refractivity contribution in [1.82, 2.24) is 4.90 Å². The molecule has 5 heteroatoms. The molecule has 1 fully saturated rings. The molecule has 1 aromatic heterocycles. The molecule has 4 rings (SSSR count). The molecule has 0 N–H and O–H groups in total. The third-order valence-electron chi connectivity index (χ3n) is 4.46. The minimum Gasteiger partial charge on any atom is -0.486 e. The number of rotatable bonds is 3. The van der Waals surface area contributed by atoms with Crippen molar-refractivity contribution < 1.29 is 14.3 Å². The number of hydrogen-bond donors (Lipinski definition) is 0. The Kier molecular flexibility index (Phi) is 3.95. The van der Waals surface area contributed by atoms with Crippen LogP contribution in [0.4, 0.5) is 0 Å². The number of nitrogens with zero attached hydrogens (tertiary/aromatic N) is 1. The lowest BCUT2D eigenvalue weighted by Gasteiger charge is -2.25. The van der Waals surface area contributed by atoms with Crippen LogP contribution in [0.3, 0.4) is 0 Å². The average molecular weight is 329 g/mol. The number of amides is 1. The lowest BCUT2D eigenvalue weighted by Crippen LogP contribution is -2.31. The molecule has 1 atom stereocenters. The second kappa shape index (κ2) is 6.24.